The van der Waals surface area contributed by atoms with Gasteiger partial charge in [-0.2, -0.15) is 0 Å². The molecule has 1 aliphatic rings. The summed E-state index contributed by atoms with van der Waals surface area (Å²) in [5, 5.41) is 0. The summed E-state index contributed by atoms with van der Waals surface area (Å²) in [5.74, 6) is 1.47. The highest BCUT2D eigenvalue weighted by atomic mass is 16.5. The molecule has 0 saturated carbocycles. The Morgan fingerprint density at radius 2 is 2.06 bits per heavy atom. The number of nitrogens with two attached hydrogens (primary N) is 1. The molecule has 16 heavy (non-hydrogen) atoms. The Morgan fingerprint density at radius 3 is 2.69 bits per heavy atom. The van der Waals surface area contributed by atoms with Crippen LogP contribution in [0.1, 0.15) is 33.6 Å². The van der Waals surface area contributed by atoms with Gasteiger partial charge in [0.05, 0.1) is 6.61 Å². The third-order valence-corrected chi connectivity index (χ3v) is 3.16. The van der Waals surface area contributed by atoms with Gasteiger partial charge in [0.1, 0.15) is 0 Å². The largest absolute Gasteiger partial charge is 0.380 e. The van der Waals surface area contributed by atoms with Crippen LogP contribution in [0.4, 0.5) is 0 Å². The zero-order valence-electron chi connectivity index (χ0n) is 11.1. The van der Waals surface area contributed by atoms with Crippen LogP contribution in [0, 0.1) is 11.8 Å². The van der Waals surface area contributed by atoms with E-state index in [0.29, 0.717) is 6.04 Å². The van der Waals surface area contributed by atoms with Crippen LogP contribution in [0.15, 0.2) is 0 Å². The van der Waals surface area contributed by atoms with Crippen molar-refractivity contribution >= 4 is 0 Å². The summed E-state index contributed by atoms with van der Waals surface area (Å²) in [6.07, 6.45) is 2.33. The van der Waals surface area contributed by atoms with E-state index in [0.717, 1.165) is 44.6 Å². The van der Waals surface area contributed by atoms with Crippen molar-refractivity contribution in [2.24, 2.45) is 17.6 Å². The van der Waals surface area contributed by atoms with Crippen molar-refractivity contribution in [1.29, 1.82) is 0 Å². The molecule has 1 rings (SSSR count). The van der Waals surface area contributed by atoms with Crippen LogP contribution in [0.3, 0.4) is 0 Å². The second-order valence-electron chi connectivity index (χ2n) is 5.66. The SMILES string of the molecule is CC(C)CCOCCN1CC(C)CC(N)C1. The molecular weight excluding hydrogens is 200 g/mol. The fourth-order valence-electron chi connectivity index (χ4n) is 2.31. The Morgan fingerprint density at radius 1 is 1.31 bits per heavy atom. The van der Waals surface area contributed by atoms with Crippen LogP contribution < -0.4 is 5.73 Å². The first-order valence-electron chi connectivity index (χ1n) is 6.63. The van der Waals surface area contributed by atoms with Crippen LogP contribution in [0.2, 0.25) is 0 Å². The van der Waals surface area contributed by atoms with Gasteiger partial charge < -0.3 is 10.5 Å². The van der Waals surface area contributed by atoms with E-state index in [1.807, 2.05) is 0 Å². The fourth-order valence-corrected chi connectivity index (χ4v) is 2.31. The first-order valence-corrected chi connectivity index (χ1v) is 6.63. The zero-order chi connectivity index (χ0) is 12.0. The van der Waals surface area contributed by atoms with E-state index < -0.39 is 0 Å². The minimum atomic E-state index is 0.361. The minimum absolute atomic E-state index is 0.361. The monoisotopic (exact) mass is 228 g/mol. The second kappa shape index (κ2) is 7.25. The summed E-state index contributed by atoms with van der Waals surface area (Å²) >= 11 is 0. The molecule has 1 heterocycles. The van der Waals surface area contributed by atoms with E-state index in [-0.39, 0.29) is 0 Å². The maximum absolute atomic E-state index is 6.00. The molecule has 0 aromatic rings. The molecule has 1 saturated heterocycles. The second-order valence-corrected chi connectivity index (χ2v) is 5.66. The van der Waals surface area contributed by atoms with E-state index in [9.17, 15) is 0 Å². The molecule has 0 spiro atoms. The van der Waals surface area contributed by atoms with Gasteiger partial charge in [-0.15, -0.1) is 0 Å². The van der Waals surface area contributed by atoms with Crippen molar-refractivity contribution in [2.75, 3.05) is 32.8 Å². The minimum Gasteiger partial charge on any atom is -0.380 e. The number of likely N-dealkylation sites (tertiary alicyclic amines) is 1. The standard InChI is InChI=1S/C13H28N2O/c1-11(2)4-6-16-7-5-15-9-12(3)8-13(14)10-15/h11-13H,4-10,14H2,1-3H3. The van der Waals surface area contributed by atoms with Crippen molar-refractivity contribution in [3.8, 4) is 0 Å². The predicted molar refractivity (Wildman–Crippen MR) is 68.5 cm³/mol. The molecule has 2 unspecified atom stereocenters. The molecule has 0 aliphatic carbocycles. The number of piperidine rings is 1. The van der Waals surface area contributed by atoms with Gasteiger partial charge in [-0.3, -0.25) is 4.90 Å². The van der Waals surface area contributed by atoms with Crippen molar-refractivity contribution in [2.45, 2.75) is 39.7 Å². The van der Waals surface area contributed by atoms with Crippen LogP contribution in [0.25, 0.3) is 0 Å². The number of hydrogen-bond acceptors (Lipinski definition) is 3. The third kappa shape index (κ3) is 5.83. The Kier molecular flexibility index (Phi) is 6.32. The van der Waals surface area contributed by atoms with E-state index in [4.69, 9.17) is 10.5 Å². The molecule has 0 bridgehead atoms. The molecule has 96 valence electrons. The average molecular weight is 228 g/mol. The van der Waals surface area contributed by atoms with Gasteiger partial charge in [0, 0.05) is 32.3 Å². The number of nitrogens with zero attached hydrogens (tertiary/aromatic N) is 1. The Balaban J connectivity index is 2.04. The first-order chi connectivity index (χ1) is 7.58. The molecule has 1 fully saturated rings. The lowest BCUT2D eigenvalue weighted by Gasteiger charge is -2.34. The highest BCUT2D eigenvalue weighted by Crippen LogP contribution is 2.14. The van der Waals surface area contributed by atoms with Gasteiger partial charge in [-0.25, -0.2) is 0 Å². The van der Waals surface area contributed by atoms with Gasteiger partial charge in [0.15, 0.2) is 0 Å². The Labute approximate surface area is 100 Å². The first kappa shape index (κ1) is 13.9. The summed E-state index contributed by atoms with van der Waals surface area (Å²) < 4.78 is 5.64. The van der Waals surface area contributed by atoms with Crippen molar-refractivity contribution in [1.82, 2.24) is 4.90 Å². The Hall–Kier alpha value is -0.120. The van der Waals surface area contributed by atoms with Crippen LogP contribution >= 0.6 is 0 Å². The summed E-state index contributed by atoms with van der Waals surface area (Å²) in [4.78, 5) is 2.44. The normalized spacial score (nSPS) is 27.6. The molecule has 3 heteroatoms. The third-order valence-electron chi connectivity index (χ3n) is 3.16. The molecule has 0 amide bonds. The quantitative estimate of drug-likeness (QED) is 0.704. The Bertz CT molecular complexity index is 175. The summed E-state index contributed by atoms with van der Waals surface area (Å²) in [7, 11) is 0. The number of ether oxygens (including phenoxy) is 1. The maximum atomic E-state index is 6.00. The lowest BCUT2D eigenvalue weighted by atomic mass is 9.97. The van der Waals surface area contributed by atoms with E-state index in [2.05, 4.69) is 25.7 Å². The highest BCUT2D eigenvalue weighted by molar-refractivity contribution is 4.78. The lowest BCUT2D eigenvalue weighted by Crippen LogP contribution is -2.47. The van der Waals surface area contributed by atoms with Crippen LogP contribution in [-0.2, 0) is 4.74 Å². The van der Waals surface area contributed by atoms with E-state index in [1.54, 1.807) is 0 Å². The van der Waals surface area contributed by atoms with Gasteiger partial charge in [-0.05, 0) is 24.7 Å². The van der Waals surface area contributed by atoms with Crippen LogP contribution in [0.5, 0.6) is 0 Å². The highest BCUT2D eigenvalue weighted by Gasteiger charge is 2.21. The summed E-state index contributed by atoms with van der Waals surface area (Å²) in [5.41, 5.74) is 6.00. The van der Waals surface area contributed by atoms with Crippen molar-refractivity contribution in [3.63, 3.8) is 0 Å². The average Bonchev–Trinajstić information content (AvgIpc) is 2.15. The molecule has 0 aromatic heterocycles. The van der Waals surface area contributed by atoms with Crippen LogP contribution in [-0.4, -0.2) is 43.8 Å². The molecule has 1 aliphatic heterocycles. The topological polar surface area (TPSA) is 38.5 Å². The molecule has 2 atom stereocenters. The lowest BCUT2D eigenvalue weighted by molar-refractivity contribution is 0.0771. The summed E-state index contributed by atoms with van der Waals surface area (Å²) in [6, 6.07) is 0.361. The fraction of sp³-hybridized carbons (Fsp3) is 1.00. The molecular formula is C13H28N2O. The molecule has 3 nitrogen and oxygen atoms in total. The number of rotatable bonds is 6. The van der Waals surface area contributed by atoms with Crippen molar-refractivity contribution < 1.29 is 4.74 Å². The van der Waals surface area contributed by atoms with Gasteiger partial charge >= 0.3 is 0 Å². The molecule has 0 radical (unpaired) electrons. The molecule has 0 aromatic carbocycles. The van der Waals surface area contributed by atoms with E-state index >= 15 is 0 Å². The summed E-state index contributed by atoms with van der Waals surface area (Å²) in [6.45, 7) is 11.8. The van der Waals surface area contributed by atoms with Gasteiger partial charge in [0.25, 0.3) is 0 Å². The smallest absolute Gasteiger partial charge is 0.0593 e. The zero-order valence-corrected chi connectivity index (χ0v) is 11.1. The molecule has 2 N–H and O–H groups in total. The van der Waals surface area contributed by atoms with Gasteiger partial charge in [0.2, 0.25) is 0 Å². The predicted octanol–water partition coefficient (Wildman–Crippen LogP) is 1.72. The number of hydrogen-bond donors (Lipinski definition) is 1. The van der Waals surface area contributed by atoms with Crippen molar-refractivity contribution in [3.05, 3.63) is 0 Å². The van der Waals surface area contributed by atoms with Gasteiger partial charge in [-0.1, -0.05) is 20.8 Å². The maximum Gasteiger partial charge on any atom is 0.0593 e. The van der Waals surface area contributed by atoms with E-state index in [1.165, 1.54) is 13.0 Å².